The molecule has 0 radical (unpaired) electrons. The number of aryl methyl sites for hydroxylation is 1. The molecule has 2 rings (SSSR count). The second-order valence-corrected chi connectivity index (χ2v) is 5.49. The molecule has 1 unspecified atom stereocenters. The highest BCUT2D eigenvalue weighted by Crippen LogP contribution is 2.28. The van der Waals surface area contributed by atoms with Crippen LogP contribution in [-0.4, -0.2) is 5.11 Å². The Bertz CT molecular complexity index is 620. The Morgan fingerprint density at radius 1 is 1.10 bits per heavy atom. The van der Waals surface area contributed by atoms with Crippen molar-refractivity contribution in [2.24, 2.45) is 0 Å². The van der Waals surface area contributed by atoms with Crippen LogP contribution in [0.25, 0.3) is 0 Å². The van der Waals surface area contributed by atoms with E-state index in [1.807, 2.05) is 0 Å². The van der Waals surface area contributed by atoms with Crippen LogP contribution in [0.4, 0.5) is 13.2 Å². The molecule has 0 spiro atoms. The van der Waals surface area contributed by atoms with E-state index in [-0.39, 0.29) is 10.9 Å². The van der Waals surface area contributed by atoms with Crippen LogP contribution in [0.2, 0.25) is 0 Å². The molecule has 0 aliphatic carbocycles. The van der Waals surface area contributed by atoms with Crippen molar-refractivity contribution in [1.82, 2.24) is 0 Å². The highest BCUT2D eigenvalue weighted by Gasteiger charge is 2.20. The number of aliphatic hydroxyl groups excluding tert-OH is 1. The predicted molar refractivity (Wildman–Crippen MR) is 73.9 cm³/mol. The number of aliphatic hydroxyl groups is 1. The summed E-state index contributed by atoms with van der Waals surface area (Å²) in [6.07, 6.45) is -1.43. The van der Waals surface area contributed by atoms with Crippen molar-refractivity contribution in [3.63, 3.8) is 0 Å². The van der Waals surface area contributed by atoms with Crippen LogP contribution in [0, 0.1) is 24.4 Å². The SMILES string of the molecule is Cc1ccc(F)cc1CC(O)c1c(F)cc(Br)cc1F. The van der Waals surface area contributed by atoms with Crippen molar-refractivity contribution < 1.29 is 18.3 Å². The van der Waals surface area contributed by atoms with Gasteiger partial charge in [0, 0.05) is 10.9 Å². The number of hydrogen-bond acceptors (Lipinski definition) is 1. The van der Waals surface area contributed by atoms with Crippen molar-refractivity contribution in [3.8, 4) is 0 Å². The average Bonchev–Trinajstić information content (AvgIpc) is 2.32. The van der Waals surface area contributed by atoms with Gasteiger partial charge in [-0.15, -0.1) is 0 Å². The summed E-state index contributed by atoms with van der Waals surface area (Å²) in [6, 6.07) is 6.28. The molecule has 0 heterocycles. The topological polar surface area (TPSA) is 20.2 Å². The Labute approximate surface area is 123 Å². The average molecular weight is 345 g/mol. The van der Waals surface area contributed by atoms with Gasteiger partial charge in [0.25, 0.3) is 0 Å². The summed E-state index contributed by atoms with van der Waals surface area (Å²) in [5.41, 5.74) is 0.861. The lowest BCUT2D eigenvalue weighted by Gasteiger charge is -2.15. The molecule has 5 heteroatoms. The first-order valence-electron chi connectivity index (χ1n) is 5.96. The second kappa shape index (κ2) is 5.97. The Morgan fingerprint density at radius 2 is 1.70 bits per heavy atom. The maximum absolute atomic E-state index is 13.7. The molecular weight excluding hydrogens is 333 g/mol. The van der Waals surface area contributed by atoms with Gasteiger partial charge < -0.3 is 5.11 Å². The zero-order valence-corrected chi connectivity index (χ0v) is 12.2. The van der Waals surface area contributed by atoms with Gasteiger partial charge in [0.15, 0.2) is 0 Å². The van der Waals surface area contributed by atoms with E-state index < -0.39 is 29.1 Å². The molecule has 0 saturated carbocycles. The lowest BCUT2D eigenvalue weighted by Crippen LogP contribution is -2.08. The minimum absolute atomic E-state index is 0.0565. The van der Waals surface area contributed by atoms with E-state index in [1.54, 1.807) is 13.0 Å². The molecule has 2 aromatic carbocycles. The highest BCUT2D eigenvalue weighted by atomic mass is 79.9. The van der Waals surface area contributed by atoms with Crippen LogP contribution in [0.15, 0.2) is 34.8 Å². The molecule has 0 aliphatic heterocycles. The van der Waals surface area contributed by atoms with E-state index in [0.29, 0.717) is 5.56 Å². The van der Waals surface area contributed by atoms with Crippen molar-refractivity contribution >= 4 is 15.9 Å². The summed E-state index contributed by atoms with van der Waals surface area (Å²) in [5, 5.41) is 10.0. The van der Waals surface area contributed by atoms with Crippen LogP contribution in [0.3, 0.4) is 0 Å². The Morgan fingerprint density at radius 3 is 2.30 bits per heavy atom. The van der Waals surface area contributed by atoms with Gasteiger partial charge in [0.05, 0.1) is 11.7 Å². The number of hydrogen-bond donors (Lipinski definition) is 1. The van der Waals surface area contributed by atoms with E-state index in [4.69, 9.17) is 0 Å². The molecule has 0 amide bonds. The third kappa shape index (κ3) is 3.22. The van der Waals surface area contributed by atoms with Gasteiger partial charge >= 0.3 is 0 Å². The fourth-order valence-electron chi connectivity index (χ4n) is 2.04. The largest absolute Gasteiger partial charge is 0.388 e. The molecule has 0 bridgehead atoms. The lowest BCUT2D eigenvalue weighted by molar-refractivity contribution is 0.168. The first kappa shape index (κ1) is 15.1. The van der Waals surface area contributed by atoms with E-state index >= 15 is 0 Å². The Balaban J connectivity index is 2.33. The van der Waals surface area contributed by atoms with Gasteiger partial charge in [0.1, 0.15) is 17.5 Å². The fourth-order valence-corrected chi connectivity index (χ4v) is 2.44. The normalized spacial score (nSPS) is 12.5. The standard InChI is InChI=1S/C15H12BrF3O/c1-8-2-3-11(17)4-9(8)5-14(20)15-12(18)6-10(16)7-13(15)19/h2-4,6-7,14,20H,5H2,1H3. The quantitative estimate of drug-likeness (QED) is 0.871. The Kier molecular flexibility index (Phi) is 4.50. The molecule has 1 atom stereocenters. The molecule has 0 aromatic heterocycles. The van der Waals surface area contributed by atoms with Crippen LogP contribution in [0.1, 0.15) is 22.8 Å². The van der Waals surface area contributed by atoms with E-state index in [9.17, 15) is 18.3 Å². The number of halogens is 4. The maximum atomic E-state index is 13.7. The summed E-state index contributed by atoms with van der Waals surface area (Å²) in [6.45, 7) is 1.75. The molecule has 1 nitrogen and oxygen atoms in total. The molecular formula is C15H12BrF3O. The minimum atomic E-state index is -1.37. The summed E-state index contributed by atoms with van der Waals surface area (Å²) < 4.78 is 40.9. The summed E-state index contributed by atoms with van der Waals surface area (Å²) in [7, 11) is 0. The predicted octanol–water partition coefficient (Wildman–Crippen LogP) is 4.45. The molecule has 0 aliphatic rings. The van der Waals surface area contributed by atoms with Gasteiger partial charge in [-0.25, -0.2) is 13.2 Å². The first-order chi connectivity index (χ1) is 9.38. The van der Waals surface area contributed by atoms with Gasteiger partial charge in [0.2, 0.25) is 0 Å². The van der Waals surface area contributed by atoms with Crippen molar-refractivity contribution in [2.75, 3.05) is 0 Å². The highest BCUT2D eigenvalue weighted by molar-refractivity contribution is 9.10. The van der Waals surface area contributed by atoms with Crippen LogP contribution in [-0.2, 0) is 6.42 Å². The van der Waals surface area contributed by atoms with Crippen molar-refractivity contribution in [2.45, 2.75) is 19.4 Å². The van der Waals surface area contributed by atoms with Gasteiger partial charge in [-0.05, 0) is 42.3 Å². The second-order valence-electron chi connectivity index (χ2n) is 4.57. The molecule has 20 heavy (non-hydrogen) atoms. The van der Waals surface area contributed by atoms with Crippen molar-refractivity contribution in [1.29, 1.82) is 0 Å². The first-order valence-corrected chi connectivity index (χ1v) is 6.75. The molecule has 1 N–H and O–H groups in total. The summed E-state index contributed by atoms with van der Waals surface area (Å²) in [5.74, 6) is -2.12. The smallest absolute Gasteiger partial charge is 0.133 e. The van der Waals surface area contributed by atoms with Gasteiger partial charge in [-0.1, -0.05) is 22.0 Å². The minimum Gasteiger partial charge on any atom is -0.388 e. The molecule has 0 saturated heterocycles. The molecule has 2 aromatic rings. The summed E-state index contributed by atoms with van der Waals surface area (Å²) in [4.78, 5) is 0. The van der Waals surface area contributed by atoms with Crippen LogP contribution < -0.4 is 0 Å². The van der Waals surface area contributed by atoms with Crippen LogP contribution >= 0.6 is 15.9 Å². The zero-order valence-electron chi connectivity index (χ0n) is 10.6. The maximum Gasteiger partial charge on any atom is 0.133 e. The number of benzene rings is 2. The summed E-state index contributed by atoms with van der Waals surface area (Å²) >= 11 is 2.97. The van der Waals surface area contributed by atoms with E-state index in [2.05, 4.69) is 15.9 Å². The van der Waals surface area contributed by atoms with Crippen molar-refractivity contribution in [3.05, 3.63) is 68.9 Å². The van der Waals surface area contributed by atoms with E-state index in [0.717, 1.165) is 17.7 Å². The third-order valence-corrected chi connectivity index (χ3v) is 3.56. The lowest BCUT2D eigenvalue weighted by atomic mass is 9.97. The zero-order chi connectivity index (χ0) is 14.9. The Hall–Kier alpha value is -1.33. The molecule has 0 fully saturated rings. The monoisotopic (exact) mass is 344 g/mol. The number of rotatable bonds is 3. The fraction of sp³-hybridized carbons (Fsp3) is 0.200. The van der Waals surface area contributed by atoms with Crippen LogP contribution in [0.5, 0.6) is 0 Å². The molecule has 106 valence electrons. The van der Waals surface area contributed by atoms with Gasteiger partial charge in [-0.2, -0.15) is 0 Å². The van der Waals surface area contributed by atoms with Gasteiger partial charge in [-0.3, -0.25) is 0 Å². The van der Waals surface area contributed by atoms with E-state index in [1.165, 1.54) is 12.1 Å². The third-order valence-electron chi connectivity index (χ3n) is 3.10.